The Morgan fingerprint density at radius 1 is 1.32 bits per heavy atom. The predicted octanol–water partition coefficient (Wildman–Crippen LogP) is 4.24. The van der Waals surface area contributed by atoms with E-state index in [0.29, 0.717) is 19.1 Å². The molecule has 122 valence electrons. The average Bonchev–Trinajstić information content (AvgIpc) is 2.92. The molecule has 2 unspecified atom stereocenters. The Bertz CT molecular complexity index is 449. The number of anilines is 1. The molecule has 1 saturated heterocycles. The van der Waals surface area contributed by atoms with Gasteiger partial charge in [0.1, 0.15) is 6.10 Å². The van der Waals surface area contributed by atoms with Crippen LogP contribution in [0.4, 0.5) is 10.5 Å². The molecular weight excluding hydrogens is 278 g/mol. The van der Waals surface area contributed by atoms with Gasteiger partial charge in [-0.3, -0.25) is 4.90 Å². The number of carbonyl (C=O) groups excluding carboxylic acids is 1. The lowest BCUT2D eigenvalue weighted by molar-refractivity contribution is 0.0281. The zero-order chi connectivity index (χ0) is 15.8. The van der Waals surface area contributed by atoms with Gasteiger partial charge in [-0.25, -0.2) is 4.79 Å². The van der Waals surface area contributed by atoms with E-state index in [0.717, 1.165) is 18.7 Å². The predicted molar refractivity (Wildman–Crippen MR) is 88.2 cm³/mol. The molecule has 0 bridgehead atoms. The Hall–Kier alpha value is -1.55. The number of ether oxygens (including phenoxy) is 2. The Labute approximate surface area is 133 Å². The highest BCUT2D eigenvalue weighted by atomic mass is 16.6. The lowest BCUT2D eigenvalue weighted by atomic mass is 10.0. The number of hydrogen-bond acceptors (Lipinski definition) is 3. The van der Waals surface area contributed by atoms with E-state index in [4.69, 9.17) is 9.47 Å². The first-order valence-electron chi connectivity index (χ1n) is 8.35. The molecule has 4 nitrogen and oxygen atoms in total. The maximum atomic E-state index is 11.9. The third-order valence-corrected chi connectivity index (χ3v) is 4.14. The molecule has 0 saturated carbocycles. The number of amides is 1. The summed E-state index contributed by atoms with van der Waals surface area (Å²) in [5.74, 6) is 0.613. The quantitative estimate of drug-likeness (QED) is 0.685. The van der Waals surface area contributed by atoms with E-state index in [1.807, 2.05) is 30.3 Å². The second kappa shape index (κ2) is 8.79. The van der Waals surface area contributed by atoms with Crippen LogP contribution in [0.1, 0.15) is 39.5 Å². The van der Waals surface area contributed by atoms with Crippen molar-refractivity contribution in [3.8, 4) is 0 Å². The van der Waals surface area contributed by atoms with E-state index in [1.54, 1.807) is 4.90 Å². The second-order valence-corrected chi connectivity index (χ2v) is 5.91. The number of benzene rings is 1. The number of para-hydroxylation sites is 1. The fraction of sp³-hybridized carbons (Fsp3) is 0.611. The average molecular weight is 305 g/mol. The van der Waals surface area contributed by atoms with Crippen LogP contribution < -0.4 is 4.90 Å². The summed E-state index contributed by atoms with van der Waals surface area (Å²) in [5, 5.41) is 0. The van der Waals surface area contributed by atoms with Gasteiger partial charge in [0.2, 0.25) is 0 Å². The second-order valence-electron chi connectivity index (χ2n) is 5.91. The molecule has 1 amide bonds. The maximum absolute atomic E-state index is 11.9. The molecule has 1 aliphatic heterocycles. The van der Waals surface area contributed by atoms with Gasteiger partial charge in [-0.15, -0.1) is 0 Å². The summed E-state index contributed by atoms with van der Waals surface area (Å²) in [6.07, 6.45) is 4.38. The van der Waals surface area contributed by atoms with Crippen molar-refractivity contribution in [2.75, 3.05) is 24.7 Å². The molecular formula is C18H27NO3. The molecule has 2 rings (SSSR count). The lowest BCUT2D eigenvalue weighted by Gasteiger charge is -2.16. The van der Waals surface area contributed by atoms with E-state index in [2.05, 4.69) is 13.8 Å². The minimum absolute atomic E-state index is 0.170. The van der Waals surface area contributed by atoms with Crippen LogP contribution in [0.5, 0.6) is 0 Å². The highest BCUT2D eigenvalue weighted by Crippen LogP contribution is 2.21. The highest BCUT2D eigenvalue weighted by Gasteiger charge is 2.32. The Morgan fingerprint density at radius 3 is 2.77 bits per heavy atom. The zero-order valence-electron chi connectivity index (χ0n) is 13.7. The van der Waals surface area contributed by atoms with Crippen molar-refractivity contribution in [3.05, 3.63) is 30.3 Å². The van der Waals surface area contributed by atoms with Crippen LogP contribution in [0.15, 0.2) is 30.3 Å². The minimum Gasteiger partial charge on any atom is -0.441 e. The fourth-order valence-corrected chi connectivity index (χ4v) is 2.69. The van der Waals surface area contributed by atoms with Gasteiger partial charge in [0, 0.05) is 12.3 Å². The minimum atomic E-state index is -0.280. The van der Waals surface area contributed by atoms with Crippen molar-refractivity contribution in [3.63, 3.8) is 0 Å². The van der Waals surface area contributed by atoms with Crippen molar-refractivity contribution < 1.29 is 14.3 Å². The van der Waals surface area contributed by atoms with Crippen molar-refractivity contribution in [1.82, 2.24) is 0 Å². The summed E-state index contributed by atoms with van der Waals surface area (Å²) in [4.78, 5) is 13.6. The smallest absolute Gasteiger partial charge is 0.414 e. The van der Waals surface area contributed by atoms with Crippen LogP contribution in [0, 0.1) is 5.92 Å². The molecule has 22 heavy (non-hydrogen) atoms. The van der Waals surface area contributed by atoms with Gasteiger partial charge in [0.05, 0.1) is 13.2 Å². The van der Waals surface area contributed by atoms with Gasteiger partial charge in [-0.2, -0.15) is 0 Å². The molecule has 1 fully saturated rings. The molecule has 1 aromatic rings. The topological polar surface area (TPSA) is 38.8 Å². The van der Waals surface area contributed by atoms with Gasteiger partial charge in [-0.1, -0.05) is 51.3 Å². The molecule has 0 spiro atoms. The molecule has 0 N–H and O–H groups in total. The fourth-order valence-electron chi connectivity index (χ4n) is 2.69. The van der Waals surface area contributed by atoms with Crippen LogP contribution in [0.25, 0.3) is 0 Å². The SMILES string of the molecule is CCCCC(CC)COCC1CN(c2ccccc2)C(=O)O1. The Balaban J connectivity index is 1.75. The lowest BCUT2D eigenvalue weighted by Crippen LogP contribution is -2.26. The van der Waals surface area contributed by atoms with Crippen LogP contribution >= 0.6 is 0 Å². The molecule has 4 heteroatoms. The number of rotatable bonds is 9. The number of cyclic esters (lactones) is 1. The van der Waals surface area contributed by atoms with Gasteiger partial charge in [-0.05, 0) is 24.5 Å². The first-order chi connectivity index (χ1) is 10.7. The standard InChI is InChI=1S/C18H27NO3/c1-3-5-9-15(4-2)13-21-14-17-12-19(18(20)22-17)16-10-7-6-8-11-16/h6-8,10-11,15,17H,3-5,9,12-14H2,1-2H3. The normalized spacial score (nSPS) is 19.3. The van der Waals surface area contributed by atoms with E-state index in [9.17, 15) is 4.79 Å². The van der Waals surface area contributed by atoms with Crippen LogP contribution in [-0.2, 0) is 9.47 Å². The first-order valence-corrected chi connectivity index (χ1v) is 8.35. The van der Waals surface area contributed by atoms with E-state index in [-0.39, 0.29) is 12.2 Å². The van der Waals surface area contributed by atoms with E-state index >= 15 is 0 Å². The summed E-state index contributed by atoms with van der Waals surface area (Å²) < 4.78 is 11.2. The largest absolute Gasteiger partial charge is 0.441 e. The Morgan fingerprint density at radius 2 is 2.09 bits per heavy atom. The van der Waals surface area contributed by atoms with Gasteiger partial charge in [0.25, 0.3) is 0 Å². The van der Waals surface area contributed by atoms with Crippen molar-refractivity contribution in [2.45, 2.75) is 45.6 Å². The molecule has 0 aromatic heterocycles. The van der Waals surface area contributed by atoms with Gasteiger partial charge in [0.15, 0.2) is 0 Å². The summed E-state index contributed by atoms with van der Waals surface area (Å²) in [6.45, 7) is 6.22. The third-order valence-electron chi connectivity index (χ3n) is 4.14. The van der Waals surface area contributed by atoms with Crippen LogP contribution in [-0.4, -0.2) is 32.0 Å². The monoisotopic (exact) mass is 305 g/mol. The van der Waals surface area contributed by atoms with Crippen molar-refractivity contribution >= 4 is 11.8 Å². The number of nitrogens with zero attached hydrogens (tertiary/aromatic N) is 1. The number of hydrogen-bond donors (Lipinski definition) is 0. The molecule has 1 aliphatic rings. The summed E-state index contributed by atoms with van der Waals surface area (Å²) in [6, 6.07) is 9.62. The van der Waals surface area contributed by atoms with Crippen molar-refractivity contribution in [2.24, 2.45) is 5.92 Å². The van der Waals surface area contributed by atoms with E-state index < -0.39 is 0 Å². The van der Waals surface area contributed by atoms with Crippen LogP contribution in [0.3, 0.4) is 0 Å². The maximum Gasteiger partial charge on any atom is 0.414 e. The third kappa shape index (κ3) is 4.73. The van der Waals surface area contributed by atoms with Crippen LogP contribution in [0.2, 0.25) is 0 Å². The molecule has 1 aromatic carbocycles. The van der Waals surface area contributed by atoms with E-state index in [1.165, 1.54) is 19.3 Å². The summed E-state index contributed by atoms with van der Waals surface area (Å²) in [7, 11) is 0. The van der Waals surface area contributed by atoms with Gasteiger partial charge >= 0.3 is 6.09 Å². The highest BCUT2D eigenvalue weighted by molar-refractivity contribution is 5.89. The molecule has 1 heterocycles. The number of unbranched alkanes of at least 4 members (excludes halogenated alkanes) is 1. The Kier molecular flexibility index (Phi) is 6.72. The molecule has 2 atom stereocenters. The van der Waals surface area contributed by atoms with Gasteiger partial charge < -0.3 is 9.47 Å². The first kappa shape index (κ1) is 16.8. The number of carbonyl (C=O) groups is 1. The van der Waals surface area contributed by atoms with Crippen molar-refractivity contribution in [1.29, 1.82) is 0 Å². The zero-order valence-corrected chi connectivity index (χ0v) is 13.7. The molecule has 0 aliphatic carbocycles. The summed E-state index contributed by atoms with van der Waals surface area (Å²) >= 11 is 0. The molecule has 0 radical (unpaired) electrons. The summed E-state index contributed by atoms with van der Waals surface area (Å²) in [5.41, 5.74) is 0.879.